The van der Waals surface area contributed by atoms with Gasteiger partial charge in [-0.25, -0.2) is 0 Å². The van der Waals surface area contributed by atoms with E-state index in [1.54, 1.807) is 35.6 Å². The number of para-hydroxylation sites is 1. The summed E-state index contributed by atoms with van der Waals surface area (Å²) in [4.78, 5) is 14.3. The van der Waals surface area contributed by atoms with Crippen molar-refractivity contribution in [2.24, 2.45) is 0 Å². The van der Waals surface area contributed by atoms with Crippen LogP contribution in [0.25, 0.3) is 17.0 Å². The molecule has 0 N–H and O–H groups in total. The normalized spacial score (nSPS) is 11.4. The zero-order chi connectivity index (χ0) is 17.8. The van der Waals surface area contributed by atoms with E-state index in [2.05, 4.69) is 0 Å². The summed E-state index contributed by atoms with van der Waals surface area (Å²) >= 11 is 0. The molecule has 1 aromatic carbocycles. The predicted molar refractivity (Wildman–Crippen MR) is 96.9 cm³/mol. The van der Waals surface area contributed by atoms with Crippen LogP contribution in [0.5, 0.6) is 0 Å². The lowest BCUT2D eigenvalue weighted by Gasteiger charge is -2.18. The highest BCUT2D eigenvalue weighted by atomic mass is 16.3. The van der Waals surface area contributed by atoms with Gasteiger partial charge in [0.05, 0.1) is 25.6 Å². The Bertz CT molecular complexity index is 940. The van der Waals surface area contributed by atoms with Crippen molar-refractivity contribution < 1.29 is 18.0 Å². The van der Waals surface area contributed by atoms with Gasteiger partial charge in [-0.05, 0) is 42.5 Å². The molecule has 0 aliphatic heterocycles. The molecule has 1 amide bonds. The molecule has 0 saturated heterocycles. The highest BCUT2D eigenvalue weighted by Gasteiger charge is 2.15. The standard InChI is InChI=1S/C21H17NO4/c23-21(10-9-17-13-16-5-1-2-8-20(16)26-17)22(14-18-6-3-11-24-18)15-19-7-4-12-25-19/h1-13H,14-15H2/b10-9+. The number of carbonyl (C=O) groups is 1. The van der Waals surface area contributed by atoms with Crippen LogP contribution in [0.1, 0.15) is 17.3 Å². The van der Waals surface area contributed by atoms with Crippen LogP contribution in [0, 0.1) is 0 Å². The second kappa shape index (κ2) is 7.19. The summed E-state index contributed by atoms with van der Waals surface area (Å²) in [6.07, 6.45) is 6.37. The zero-order valence-electron chi connectivity index (χ0n) is 14.0. The Balaban J connectivity index is 1.52. The van der Waals surface area contributed by atoms with Crippen molar-refractivity contribution in [3.8, 4) is 0 Å². The van der Waals surface area contributed by atoms with Crippen LogP contribution in [-0.2, 0) is 17.9 Å². The molecule has 0 radical (unpaired) electrons. The molecule has 0 saturated carbocycles. The van der Waals surface area contributed by atoms with Gasteiger partial charge in [0.15, 0.2) is 0 Å². The van der Waals surface area contributed by atoms with Crippen molar-refractivity contribution in [1.82, 2.24) is 4.90 Å². The fourth-order valence-electron chi connectivity index (χ4n) is 2.74. The summed E-state index contributed by atoms with van der Waals surface area (Å²) in [6, 6.07) is 16.9. The molecule has 0 aliphatic rings. The Morgan fingerprint density at radius 3 is 2.23 bits per heavy atom. The smallest absolute Gasteiger partial charge is 0.247 e. The molecule has 5 nitrogen and oxygen atoms in total. The van der Waals surface area contributed by atoms with Gasteiger partial charge in [-0.2, -0.15) is 0 Å². The van der Waals surface area contributed by atoms with E-state index >= 15 is 0 Å². The first-order chi connectivity index (χ1) is 12.8. The number of carbonyl (C=O) groups excluding carboxylic acids is 1. The molecule has 0 unspecified atom stereocenters. The van der Waals surface area contributed by atoms with E-state index in [4.69, 9.17) is 13.3 Å². The number of hydrogen-bond acceptors (Lipinski definition) is 4. The van der Waals surface area contributed by atoms with Gasteiger partial charge in [0, 0.05) is 11.5 Å². The molecular formula is C21H17NO4. The number of furan rings is 3. The van der Waals surface area contributed by atoms with Crippen LogP contribution in [0.3, 0.4) is 0 Å². The maximum Gasteiger partial charge on any atom is 0.247 e. The predicted octanol–water partition coefficient (Wildman–Crippen LogP) is 4.86. The summed E-state index contributed by atoms with van der Waals surface area (Å²) < 4.78 is 16.5. The third-order valence-corrected chi connectivity index (χ3v) is 4.00. The number of benzene rings is 1. The van der Waals surface area contributed by atoms with Crippen molar-refractivity contribution >= 4 is 23.0 Å². The fraction of sp³-hybridized carbons (Fsp3) is 0.0952. The molecule has 4 aromatic rings. The van der Waals surface area contributed by atoms with Crippen molar-refractivity contribution in [2.75, 3.05) is 0 Å². The highest BCUT2D eigenvalue weighted by Crippen LogP contribution is 2.20. The third-order valence-electron chi connectivity index (χ3n) is 4.00. The SMILES string of the molecule is O=C(/C=C/c1cc2ccccc2o1)N(Cc1ccco1)Cc1ccco1. The van der Waals surface area contributed by atoms with E-state index in [-0.39, 0.29) is 5.91 Å². The second-order valence-electron chi connectivity index (χ2n) is 5.87. The Hall–Kier alpha value is -3.47. The molecule has 26 heavy (non-hydrogen) atoms. The highest BCUT2D eigenvalue weighted by molar-refractivity contribution is 5.92. The maximum absolute atomic E-state index is 12.7. The largest absolute Gasteiger partial charge is 0.467 e. The quantitative estimate of drug-likeness (QED) is 0.467. The van der Waals surface area contributed by atoms with Crippen LogP contribution >= 0.6 is 0 Å². The first kappa shape index (κ1) is 16.0. The minimum absolute atomic E-state index is 0.154. The Morgan fingerprint density at radius 1 is 0.923 bits per heavy atom. The van der Waals surface area contributed by atoms with Gasteiger partial charge in [0.25, 0.3) is 0 Å². The van der Waals surface area contributed by atoms with Gasteiger partial charge in [-0.3, -0.25) is 4.79 Å². The molecule has 0 fully saturated rings. The lowest BCUT2D eigenvalue weighted by Crippen LogP contribution is -2.28. The lowest BCUT2D eigenvalue weighted by molar-refractivity contribution is -0.127. The van der Waals surface area contributed by atoms with Gasteiger partial charge in [-0.1, -0.05) is 18.2 Å². The zero-order valence-corrected chi connectivity index (χ0v) is 14.0. The summed E-state index contributed by atoms with van der Waals surface area (Å²) in [5, 5.41) is 1.00. The summed E-state index contributed by atoms with van der Waals surface area (Å²) in [5.41, 5.74) is 0.794. The van der Waals surface area contributed by atoms with Crippen molar-refractivity contribution in [3.05, 3.63) is 90.5 Å². The van der Waals surface area contributed by atoms with Crippen LogP contribution in [0.4, 0.5) is 0 Å². The Labute approximate surface area is 150 Å². The second-order valence-corrected chi connectivity index (χ2v) is 5.87. The lowest BCUT2D eigenvalue weighted by atomic mass is 10.2. The Kier molecular flexibility index (Phi) is 4.43. The first-order valence-electron chi connectivity index (χ1n) is 8.28. The molecule has 0 bridgehead atoms. The van der Waals surface area contributed by atoms with Crippen molar-refractivity contribution in [2.45, 2.75) is 13.1 Å². The fourth-order valence-corrected chi connectivity index (χ4v) is 2.74. The molecule has 0 aliphatic carbocycles. The monoisotopic (exact) mass is 347 g/mol. The van der Waals surface area contributed by atoms with Gasteiger partial charge < -0.3 is 18.2 Å². The van der Waals surface area contributed by atoms with Crippen LogP contribution in [-0.4, -0.2) is 10.8 Å². The number of rotatable bonds is 6. The van der Waals surface area contributed by atoms with E-state index in [1.165, 1.54) is 6.08 Å². The molecule has 4 rings (SSSR count). The average Bonchev–Trinajstić information content (AvgIpc) is 3.40. The number of hydrogen-bond donors (Lipinski definition) is 0. The number of fused-ring (bicyclic) bond motifs is 1. The molecule has 130 valence electrons. The summed E-state index contributed by atoms with van der Waals surface area (Å²) in [5.74, 6) is 1.90. The van der Waals surface area contributed by atoms with E-state index in [9.17, 15) is 4.79 Å². The third kappa shape index (κ3) is 3.62. The van der Waals surface area contributed by atoms with Gasteiger partial charge in [0.1, 0.15) is 22.9 Å². The first-order valence-corrected chi connectivity index (χ1v) is 8.28. The molecule has 0 spiro atoms. The molecular weight excluding hydrogens is 330 g/mol. The number of amides is 1. The van der Waals surface area contributed by atoms with Crippen molar-refractivity contribution in [1.29, 1.82) is 0 Å². The van der Waals surface area contributed by atoms with Crippen LogP contribution < -0.4 is 0 Å². The molecule has 3 heterocycles. The molecule has 3 aromatic heterocycles. The van der Waals surface area contributed by atoms with Gasteiger partial charge >= 0.3 is 0 Å². The molecule has 0 atom stereocenters. The van der Waals surface area contributed by atoms with E-state index in [0.29, 0.717) is 30.4 Å². The van der Waals surface area contributed by atoms with Crippen molar-refractivity contribution in [3.63, 3.8) is 0 Å². The summed E-state index contributed by atoms with van der Waals surface area (Å²) in [6.45, 7) is 0.716. The Morgan fingerprint density at radius 2 is 1.62 bits per heavy atom. The number of nitrogens with zero attached hydrogens (tertiary/aromatic N) is 1. The van der Waals surface area contributed by atoms with Crippen LogP contribution in [0.2, 0.25) is 0 Å². The van der Waals surface area contributed by atoms with Gasteiger partial charge in [0.2, 0.25) is 5.91 Å². The summed E-state index contributed by atoms with van der Waals surface area (Å²) in [7, 11) is 0. The maximum atomic E-state index is 12.7. The topological polar surface area (TPSA) is 59.7 Å². The van der Waals surface area contributed by atoms with E-state index < -0.39 is 0 Å². The van der Waals surface area contributed by atoms with E-state index in [0.717, 1.165) is 11.0 Å². The van der Waals surface area contributed by atoms with Crippen LogP contribution in [0.15, 0.2) is 86.5 Å². The van der Waals surface area contributed by atoms with Gasteiger partial charge in [-0.15, -0.1) is 0 Å². The minimum Gasteiger partial charge on any atom is -0.467 e. The minimum atomic E-state index is -0.154. The molecule has 5 heteroatoms. The van der Waals surface area contributed by atoms with E-state index in [1.807, 2.05) is 42.5 Å². The average molecular weight is 347 g/mol.